The Hall–Kier alpha value is -3.88. The van der Waals surface area contributed by atoms with E-state index in [0.717, 1.165) is 4.57 Å². The van der Waals surface area contributed by atoms with E-state index in [4.69, 9.17) is 9.47 Å². The minimum atomic E-state index is -0.529. The van der Waals surface area contributed by atoms with Gasteiger partial charge in [-0.2, -0.15) is 0 Å². The lowest BCUT2D eigenvalue weighted by Crippen LogP contribution is -2.34. The number of ether oxygens (including phenoxy) is 2. The lowest BCUT2D eigenvalue weighted by atomic mass is 10.1. The van der Waals surface area contributed by atoms with E-state index < -0.39 is 23.1 Å². The van der Waals surface area contributed by atoms with E-state index in [-0.39, 0.29) is 30.8 Å². The minimum Gasteiger partial charge on any atom is -0.482 e. The molecule has 1 aromatic heterocycles. The Labute approximate surface area is 171 Å². The Bertz CT molecular complexity index is 1210. The third kappa shape index (κ3) is 4.57. The number of hydrogen-bond donors (Lipinski definition) is 2. The highest BCUT2D eigenvalue weighted by molar-refractivity contribution is 6.06. The molecular formula is C21H21N3O6. The number of aromatic nitrogens is 2. The van der Waals surface area contributed by atoms with Crippen molar-refractivity contribution in [1.29, 1.82) is 0 Å². The quantitative estimate of drug-likeness (QED) is 0.573. The summed E-state index contributed by atoms with van der Waals surface area (Å²) >= 11 is 0. The Kier molecular flexibility index (Phi) is 6.31. The van der Waals surface area contributed by atoms with Gasteiger partial charge in [0, 0.05) is 23.9 Å². The number of benzene rings is 2. The van der Waals surface area contributed by atoms with Gasteiger partial charge in [-0.1, -0.05) is 6.07 Å². The minimum absolute atomic E-state index is 0.238. The average molecular weight is 411 g/mol. The molecule has 0 atom stereocenters. The highest BCUT2D eigenvalue weighted by Gasteiger charge is 2.12. The van der Waals surface area contributed by atoms with Gasteiger partial charge in [0.2, 0.25) is 0 Å². The Morgan fingerprint density at radius 1 is 1.10 bits per heavy atom. The second-order valence-electron chi connectivity index (χ2n) is 6.32. The van der Waals surface area contributed by atoms with Crippen LogP contribution in [0.1, 0.15) is 24.2 Å². The summed E-state index contributed by atoms with van der Waals surface area (Å²) in [5.74, 6) is -0.525. The zero-order valence-corrected chi connectivity index (χ0v) is 16.6. The Morgan fingerprint density at radius 3 is 2.63 bits per heavy atom. The fourth-order valence-corrected chi connectivity index (χ4v) is 2.89. The normalized spacial score (nSPS) is 10.6. The molecule has 1 amide bonds. The van der Waals surface area contributed by atoms with E-state index >= 15 is 0 Å². The van der Waals surface area contributed by atoms with Gasteiger partial charge in [-0.3, -0.25) is 14.2 Å². The molecule has 0 radical (unpaired) electrons. The molecule has 9 heteroatoms. The van der Waals surface area contributed by atoms with Crippen LogP contribution in [0.25, 0.3) is 10.9 Å². The van der Waals surface area contributed by atoms with Gasteiger partial charge in [0.05, 0.1) is 17.5 Å². The number of hydrogen-bond acceptors (Lipinski definition) is 6. The third-order valence-corrected chi connectivity index (χ3v) is 4.31. The molecule has 0 unspecified atom stereocenters. The summed E-state index contributed by atoms with van der Waals surface area (Å²) in [6.45, 7) is 3.69. The predicted molar refractivity (Wildman–Crippen MR) is 111 cm³/mol. The number of carbonyl (C=O) groups excluding carboxylic acids is 2. The van der Waals surface area contributed by atoms with Gasteiger partial charge in [0.1, 0.15) is 5.75 Å². The first kappa shape index (κ1) is 20.8. The van der Waals surface area contributed by atoms with E-state index in [1.165, 1.54) is 18.2 Å². The molecule has 0 aliphatic carbocycles. The second kappa shape index (κ2) is 9.08. The fraction of sp³-hybridized carbons (Fsp3) is 0.238. The first-order valence-corrected chi connectivity index (χ1v) is 9.39. The fourth-order valence-electron chi connectivity index (χ4n) is 2.89. The van der Waals surface area contributed by atoms with Crippen molar-refractivity contribution < 1.29 is 19.1 Å². The number of amides is 1. The van der Waals surface area contributed by atoms with Gasteiger partial charge in [-0.05, 0) is 44.2 Å². The van der Waals surface area contributed by atoms with Crippen LogP contribution in [-0.2, 0) is 16.1 Å². The number of anilines is 1. The number of rotatable bonds is 7. The monoisotopic (exact) mass is 411 g/mol. The number of nitrogens with zero attached hydrogens (tertiary/aromatic N) is 1. The number of fused-ring (bicyclic) bond motifs is 1. The molecule has 2 N–H and O–H groups in total. The van der Waals surface area contributed by atoms with Crippen molar-refractivity contribution in [2.75, 3.05) is 18.5 Å². The van der Waals surface area contributed by atoms with Crippen LogP contribution < -0.4 is 21.3 Å². The first-order valence-electron chi connectivity index (χ1n) is 9.39. The maximum atomic E-state index is 12.6. The molecule has 156 valence electrons. The summed E-state index contributed by atoms with van der Waals surface area (Å²) < 4.78 is 11.2. The maximum Gasteiger partial charge on any atom is 0.344 e. The molecule has 3 aromatic rings. The third-order valence-electron chi connectivity index (χ3n) is 4.31. The Morgan fingerprint density at radius 2 is 1.90 bits per heavy atom. The Balaban J connectivity index is 1.78. The standard InChI is InChI=1S/C21H21N3O6/c1-3-24-20(27)16-9-8-13(10-17(16)23-21(24)28)19(26)22-14-6-5-7-15(11-14)30-12-18(25)29-4-2/h5-11H,3-4,12H2,1-2H3,(H,22,26)(H,23,28). The van der Waals surface area contributed by atoms with Crippen molar-refractivity contribution in [3.8, 4) is 5.75 Å². The van der Waals surface area contributed by atoms with Crippen LogP contribution in [0.4, 0.5) is 5.69 Å². The molecule has 2 aromatic carbocycles. The smallest absolute Gasteiger partial charge is 0.344 e. The van der Waals surface area contributed by atoms with Crippen LogP contribution in [-0.4, -0.2) is 34.6 Å². The SMILES string of the molecule is CCOC(=O)COc1cccc(NC(=O)c2ccc3c(=O)n(CC)c(=O)[nH]c3c2)c1. The van der Waals surface area contributed by atoms with Crippen LogP contribution >= 0.6 is 0 Å². The molecule has 3 rings (SSSR count). The van der Waals surface area contributed by atoms with Crippen molar-refractivity contribution in [2.45, 2.75) is 20.4 Å². The van der Waals surface area contributed by atoms with Gasteiger partial charge >= 0.3 is 11.7 Å². The highest BCUT2D eigenvalue weighted by atomic mass is 16.6. The van der Waals surface area contributed by atoms with Crippen LogP contribution in [0.2, 0.25) is 0 Å². The molecule has 0 aliphatic heterocycles. The molecule has 0 saturated carbocycles. The van der Waals surface area contributed by atoms with Crippen LogP contribution in [0.15, 0.2) is 52.1 Å². The van der Waals surface area contributed by atoms with Crippen molar-refractivity contribution in [2.24, 2.45) is 0 Å². The summed E-state index contributed by atoms with van der Waals surface area (Å²) in [6, 6.07) is 11.0. The average Bonchev–Trinajstić information content (AvgIpc) is 2.72. The van der Waals surface area contributed by atoms with Gasteiger partial charge in [-0.15, -0.1) is 0 Å². The molecule has 1 heterocycles. The molecule has 0 fully saturated rings. The molecule has 0 spiro atoms. The number of aromatic amines is 1. The van der Waals surface area contributed by atoms with Crippen LogP contribution in [0.3, 0.4) is 0 Å². The topological polar surface area (TPSA) is 119 Å². The zero-order chi connectivity index (χ0) is 21.7. The van der Waals surface area contributed by atoms with E-state index in [2.05, 4.69) is 10.3 Å². The largest absolute Gasteiger partial charge is 0.482 e. The van der Waals surface area contributed by atoms with Crippen LogP contribution in [0.5, 0.6) is 5.75 Å². The predicted octanol–water partition coefficient (Wildman–Crippen LogP) is 1.90. The summed E-state index contributed by atoms with van der Waals surface area (Å²) in [4.78, 5) is 51.0. The van der Waals surface area contributed by atoms with E-state index in [1.807, 2.05) is 0 Å². The van der Waals surface area contributed by atoms with Gasteiger partial charge < -0.3 is 19.8 Å². The number of nitrogens with one attached hydrogen (secondary N) is 2. The summed E-state index contributed by atoms with van der Waals surface area (Å²) in [5, 5.41) is 3.04. The van der Waals surface area contributed by atoms with Gasteiger partial charge in [-0.25, -0.2) is 9.59 Å². The highest BCUT2D eigenvalue weighted by Crippen LogP contribution is 2.19. The molecule has 0 saturated heterocycles. The molecule has 0 aliphatic rings. The first-order chi connectivity index (χ1) is 14.4. The summed E-state index contributed by atoms with van der Waals surface area (Å²) in [6.07, 6.45) is 0. The van der Waals surface area contributed by atoms with E-state index in [1.54, 1.807) is 38.1 Å². The number of carbonyl (C=O) groups is 2. The van der Waals surface area contributed by atoms with Crippen molar-refractivity contribution in [1.82, 2.24) is 9.55 Å². The van der Waals surface area contributed by atoms with Crippen LogP contribution in [0, 0.1) is 0 Å². The van der Waals surface area contributed by atoms with E-state index in [9.17, 15) is 19.2 Å². The number of esters is 1. The van der Waals surface area contributed by atoms with Crippen molar-refractivity contribution >= 4 is 28.5 Å². The molecular weight excluding hydrogens is 390 g/mol. The summed E-state index contributed by atoms with van der Waals surface area (Å²) in [5.41, 5.74) is 0.0727. The second-order valence-corrected chi connectivity index (χ2v) is 6.32. The van der Waals surface area contributed by atoms with Gasteiger partial charge in [0.25, 0.3) is 11.5 Å². The molecule has 30 heavy (non-hydrogen) atoms. The number of H-pyrrole nitrogens is 1. The molecule has 9 nitrogen and oxygen atoms in total. The zero-order valence-electron chi connectivity index (χ0n) is 16.6. The lowest BCUT2D eigenvalue weighted by Gasteiger charge is -2.10. The summed E-state index contributed by atoms with van der Waals surface area (Å²) in [7, 11) is 0. The van der Waals surface area contributed by atoms with Crippen molar-refractivity contribution in [3.05, 3.63) is 68.9 Å². The van der Waals surface area contributed by atoms with E-state index in [0.29, 0.717) is 16.8 Å². The van der Waals surface area contributed by atoms with Gasteiger partial charge in [0.15, 0.2) is 6.61 Å². The van der Waals surface area contributed by atoms with Crippen molar-refractivity contribution in [3.63, 3.8) is 0 Å². The lowest BCUT2D eigenvalue weighted by molar-refractivity contribution is -0.145. The molecule has 0 bridgehead atoms. The maximum absolute atomic E-state index is 12.6.